The van der Waals surface area contributed by atoms with Crippen molar-refractivity contribution in [3.63, 3.8) is 0 Å². The monoisotopic (exact) mass is 250 g/mol. The molecule has 15 heavy (non-hydrogen) atoms. The normalized spacial score (nSPS) is 11.1. The van der Waals surface area contributed by atoms with E-state index in [1.165, 1.54) is 25.1 Å². The summed E-state index contributed by atoms with van der Waals surface area (Å²) >= 11 is 0. The molecule has 1 N–H and O–H groups in total. The SMILES string of the molecule is Cc1cc(NS(=O)(=O)Cl)ccc1[N+](=O)[O-]. The summed E-state index contributed by atoms with van der Waals surface area (Å²) < 4.78 is 23.3. The summed E-state index contributed by atoms with van der Waals surface area (Å²) in [6.45, 7) is 1.50. The van der Waals surface area contributed by atoms with Gasteiger partial charge in [-0.2, -0.15) is 8.42 Å². The van der Waals surface area contributed by atoms with Crippen LogP contribution in [0.1, 0.15) is 5.56 Å². The Bertz CT molecular complexity index is 500. The molecule has 0 bridgehead atoms. The van der Waals surface area contributed by atoms with Crippen molar-refractivity contribution >= 4 is 31.3 Å². The van der Waals surface area contributed by atoms with Gasteiger partial charge in [-0.25, -0.2) is 0 Å². The van der Waals surface area contributed by atoms with Gasteiger partial charge in [-0.15, -0.1) is 0 Å². The summed E-state index contributed by atoms with van der Waals surface area (Å²) in [7, 11) is 1.07. The lowest BCUT2D eigenvalue weighted by Gasteiger charge is -2.03. The average Bonchev–Trinajstić information content (AvgIpc) is 1.99. The van der Waals surface area contributed by atoms with E-state index in [0.717, 1.165) is 0 Å². The van der Waals surface area contributed by atoms with E-state index in [2.05, 4.69) is 0 Å². The van der Waals surface area contributed by atoms with E-state index >= 15 is 0 Å². The maximum absolute atomic E-state index is 10.7. The molecule has 0 saturated heterocycles. The van der Waals surface area contributed by atoms with Crippen molar-refractivity contribution in [1.82, 2.24) is 0 Å². The molecule has 8 heteroatoms. The Labute approximate surface area is 90.6 Å². The lowest BCUT2D eigenvalue weighted by Crippen LogP contribution is -2.04. The Kier molecular flexibility index (Phi) is 3.15. The number of benzene rings is 1. The standard InChI is InChI=1S/C7H7ClN2O4S/c1-5-4-6(9-15(8,13)14)2-3-7(5)10(11)12/h2-4,9H,1H3. The fourth-order valence-electron chi connectivity index (χ4n) is 1.06. The molecule has 0 amide bonds. The summed E-state index contributed by atoms with van der Waals surface area (Å²) in [4.78, 5) is 9.91. The number of nitrogens with zero attached hydrogens (tertiary/aromatic N) is 1. The average molecular weight is 251 g/mol. The molecule has 0 heterocycles. The zero-order chi connectivity index (χ0) is 11.6. The zero-order valence-corrected chi connectivity index (χ0v) is 9.17. The maximum Gasteiger partial charge on any atom is 0.319 e. The number of hydrogen-bond acceptors (Lipinski definition) is 4. The third-order valence-electron chi connectivity index (χ3n) is 1.63. The fraction of sp³-hybridized carbons (Fsp3) is 0.143. The largest absolute Gasteiger partial charge is 0.319 e. The highest BCUT2D eigenvalue weighted by Gasteiger charge is 2.12. The number of halogens is 1. The van der Waals surface area contributed by atoms with Gasteiger partial charge in [-0.1, -0.05) is 0 Å². The number of nitrogens with one attached hydrogen (secondary N) is 1. The minimum Gasteiger partial charge on any atom is -0.271 e. The molecule has 82 valence electrons. The fourth-order valence-corrected chi connectivity index (χ4v) is 1.74. The third kappa shape index (κ3) is 3.37. The van der Waals surface area contributed by atoms with Crippen molar-refractivity contribution in [3.05, 3.63) is 33.9 Å². The van der Waals surface area contributed by atoms with Crippen molar-refractivity contribution in [2.75, 3.05) is 4.72 Å². The van der Waals surface area contributed by atoms with Gasteiger partial charge in [-0.3, -0.25) is 14.8 Å². The predicted octanol–water partition coefficient (Wildman–Crippen LogP) is 1.80. The minimum atomic E-state index is -3.87. The smallest absolute Gasteiger partial charge is 0.271 e. The molecular formula is C7H7ClN2O4S. The van der Waals surface area contributed by atoms with Gasteiger partial charge < -0.3 is 0 Å². The van der Waals surface area contributed by atoms with Gasteiger partial charge in [0, 0.05) is 22.3 Å². The molecule has 0 aromatic heterocycles. The molecule has 0 aliphatic rings. The molecule has 6 nitrogen and oxygen atoms in total. The Hall–Kier alpha value is -1.34. The highest BCUT2D eigenvalue weighted by molar-refractivity contribution is 8.14. The molecule has 0 aliphatic carbocycles. The van der Waals surface area contributed by atoms with Gasteiger partial charge in [0.15, 0.2) is 0 Å². The van der Waals surface area contributed by atoms with Gasteiger partial charge in [0.05, 0.1) is 10.6 Å². The third-order valence-corrected chi connectivity index (χ3v) is 2.34. The molecule has 0 saturated carbocycles. The summed E-state index contributed by atoms with van der Waals surface area (Å²) in [5.74, 6) is 0. The van der Waals surface area contributed by atoms with E-state index in [1.807, 2.05) is 4.72 Å². The topological polar surface area (TPSA) is 89.3 Å². The van der Waals surface area contributed by atoms with Crippen molar-refractivity contribution in [2.24, 2.45) is 0 Å². The summed E-state index contributed by atoms with van der Waals surface area (Å²) in [5.41, 5.74) is 0.464. The second kappa shape index (κ2) is 4.03. The second-order valence-corrected chi connectivity index (χ2v) is 5.10. The number of rotatable bonds is 3. The number of hydrogen-bond donors (Lipinski definition) is 1. The van der Waals surface area contributed by atoms with Gasteiger partial charge >= 0.3 is 9.24 Å². The Balaban J connectivity index is 3.07. The molecule has 0 fully saturated rings. The van der Waals surface area contributed by atoms with E-state index in [-0.39, 0.29) is 11.4 Å². The minimum absolute atomic E-state index is 0.0764. The molecule has 0 unspecified atom stereocenters. The first-order valence-corrected chi connectivity index (χ1v) is 6.08. The van der Waals surface area contributed by atoms with E-state index in [1.54, 1.807) is 0 Å². The van der Waals surface area contributed by atoms with Crippen molar-refractivity contribution < 1.29 is 13.3 Å². The first-order valence-electron chi connectivity index (χ1n) is 3.77. The van der Waals surface area contributed by atoms with E-state index < -0.39 is 14.2 Å². The Morgan fingerprint density at radius 2 is 2.07 bits per heavy atom. The van der Waals surface area contributed by atoms with Crippen LogP contribution in [-0.2, 0) is 9.24 Å². The molecule has 1 aromatic rings. The summed E-state index contributed by atoms with van der Waals surface area (Å²) in [6.07, 6.45) is 0. The highest BCUT2D eigenvalue weighted by atomic mass is 35.7. The summed E-state index contributed by atoms with van der Waals surface area (Å²) in [6, 6.07) is 3.81. The van der Waals surface area contributed by atoms with Crippen LogP contribution in [0.5, 0.6) is 0 Å². The van der Waals surface area contributed by atoms with E-state index in [0.29, 0.717) is 5.56 Å². The first-order chi connectivity index (χ1) is 6.79. The second-order valence-electron chi connectivity index (χ2n) is 2.80. The van der Waals surface area contributed by atoms with Gasteiger partial charge in [0.1, 0.15) is 0 Å². The van der Waals surface area contributed by atoms with Gasteiger partial charge in [0.2, 0.25) is 0 Å². The van der Waals surface area contributed by atoms with Crippen LogP contribution in [-0.4, -0.2) is 13.3 Å². The quantitative estimate of drug-likeness (QED) is 0.503. The van der Waals surface area contributed by atoms with Crippen LogP contribution in [0.15, 0.2) is 18.2 Å². The van der Waals surface area contributed by atoms with Crippen molar-refractivity contribution in [1.29, 1.82) is 0 Å². The number of nitro groups is 1. The van der Waals surface area contributed by atoms with Crippen LogP contribution in [0, 0.1) is 17.0 Å². The summed E-state index contributed by atoms with van der Waals surface area (Å²) in [5, 5.41) is 10.5. The van der Waals surface area contributed by atoms with E-state index in [4.69, 9.17) is 10.7 Å². The Morgan fingerprint density at radius 3 is 2.47 bits per heavy atom. The molecule has 0 atom stereocenters. The van der Waals surface area contributed by atoms with Crippen LogP contribution in [0.4, 0.5) is 11.4 Å². The van der Waals surface area contributed by atoms with Gasteiger partial charge in [0.25, 0.3) is 5.69 Å². The zero-order valence-electron chi connectivity index (χ0n) is 7.60. The van der Waals surface area contributed by atoms with Crippen molar-refractivity contribution in [2.45, 2.75) is 6.92 Å². The predicted molar refractivity (Wildman–Crippen MR) is 56.2 cm³/mol. The van der Waals surface area contributed by atoms with Crippen LogP contribution in [0.25, 0.3) is 0 Å². The first kappa shape index (κ1) is 11.7. The Morgan fingerprint density at radius 1 is 1.47 bits per heavy atom. The lowest BCUT2D eigenvalue weighted by molar-refractivity contribution is -0.385. The van der Waals surface area contributed by atoms with E-state index in [9.17, 15) is 18.5 Å². The number of anilines is 1. The maximum atomic E-state index is 10.7. The van der Waals surface area contributed by atoms with Crippen LogP contribution >= 0.6 is 10.7 Å². The van der Waals surface area contributed by atoms with Crippen molar-refractivity contribution in [3.8, 4) is 0 Å². The molecular weight excluding hydrogens is 244 g/mol. The highest BCUT2D eigenvalue weighted by Crippen LogP contribution is 2.22. The molecule has 1 rings (SSSR count). The van der Waals surface area contributed by atoms with Crippen LogP contribution in [0.2, 0.25) is 0 Å². The molecule has 0 radical (unpaired) electrons. The molecule has 1 aromatic carbocycles. The van der Waals surface area contributed by atoms with Crippen LogP contribution < -0.4 is 4.72 Å². The number of aryl methyl sites for hydroxylation is 1. The lowest BCUT2D eigenvalue weighted by atomic mass is 10.2. The molecule has 0 aliphatic heterocycles. The van der Waals surface area contributed by atoms with Crippen LogP contribution in [0.3, 0.4) is 0 Å². The van der Waals surface area contributed by atoms with Gasteiger partial charge in [-0.05, 0) is 19.1 Å². The molecule has 0 spiro atoms. The number of nitro benzene ring substituents is 1.